The molecule has 1 unspecified atom stereocenters. The molecule has 2 nitrogen and oxygen atoms in total. The summed E-state index contributed by atoms with van der Waals surface area (Å²) < 4.78 is 8.96. The Bertz CT molecular complexity index is 3790. The summed E-state index contributed by atoms with van der Waals surface area (Å²) in [5, 5.41) is 7.45. The van der Waals surface area contributed by atoms with Crippen molar-refractivity contribution < 1.29 is 4.42 Å². The average Bonchev–Trinajstić information content (AvgIpc) is 4.00. The lowest BCUT2D eigenvalue weighted by molar-refractivity contribution is 0.655. The molecule has 0 spiro atoms. The number of furan rings is 1. The third kappa shape index (κ3) is 6.02. The predicted molar refractivity (Wildman–Crippen MR) is 277 cm³/mol. The first-order chi connectivity index (χ1) is 32.5. The molecule has 2 heteroatoms. The highest BCUT2D eigenvalue weighted by Gasteiger charge is 2.36. The first kappa shape index (κ1) is 38.5. The first-order valence-corrected chi connectivity index (χ1v) is 23.3. The fraction of sp³-hybridized carbons (Fsp3) is 0.0938. The monoisotopic (exact) mass is 845 g/mol. The van der Waals surface area contributed by atoms with Crippen LogP contribution in [0.4, 0.5) is 0 Å². The molecule has 13 rings (SSSR count). The minimum atomic E-state index is -0.149. The molecule has 10 aromatic carbocycles. The molecule has 1 aliphatic carbocycles. The molecule has 0 N–H and O–H groups in total. The summed E-state index contributed by atoms with van der Waals surface area (Å²) in [6.07, 6.45) is 1.89. The smallest absolute Gasteiger partial charge is 0.143 e. The fourth-order valence-electron chi connectivity index (χ4n) is 11.4. The van der Waals surface area contributed by atoms with Crippen molar-refractivity contribution in [1.82, 2.24) is 4.57 Å². The van der Waals surface area contributed by atoms with Gasteiger partial charge in [0.15, 0.2) is 0 Å². The number of fused-ring (bicyclic) bond motifs is 10. The molecule has 12 aromatic rings. The first-order valence-electron chi connectivity index (χ1n) is 23.3. The molecular weight excluding hydrogens is 799 g/mol. The van der Waals surface area contributed by atoms with E-state index in [0.29, 0.717) is 0 Å². The van der Waals surface area contributed by atoms with Crippen molar-refractivity contribution in [3.63, 3.8) is 0 Å². The van der Waals surface area contributed by atoms with Crippen molar-refractivity contribution in [3.05, 3.63) is 246 Å². The number of para-hydroxylation sites is 4. The van der Waals surface area contributed by atoms with Crippen molar-refractivity contribution in [1.29, 1.82) is 0 Å². The lowest BCUT2D eigenvalue weighted by atomic mass is 9.79. The van der Waals surface area contributed by atoms with Crippen LogP contribution in [0.5, 0.6) is 0 Å². The second-order valence-corrected chi connectivity index (χ2v) is 18.7. The van der Waals surface area contributed by atoms with Crippen LogP contribution in [-0.2, 0) is 11.8 Å². The number of nitrogens with zero attached hydrogens (tertiary/aromatic N) is 1. The van der Waals surface area contributed by atoms with E-state index in [0.717, 1.165) is 45.9 Å². The van der Waals surface area contributed by atoms with Crippen LogP contribution in [0.25, 0.3) is 93.6 Å². The Balaban J connectivity index is 0.907. The number of aromatic nitrogens is 1. The van der Waals surface area contributed by atoms with Gasteiger partial charge in [0.05, 0.1) is 16.7 Å². The van der Waals surface area contributed by atoms with E-state index in [4.69, 9.17) is 4.42 Å². The van der Waals surface area contributed by atoms with Crippen LogP contribution in [0, 0.1) is 0 Å². The molecule has 66 heavy (non-hydrogen) atoms. The Morgan fingerprint density at radius 2 is 1.02 bits per heavy atom. The highest BCUT2D eigenvalue weighted by atomic mass is 16.3. The molecule has 2 heterocycles. The average molecular weight is 846 g/mol. The lowest BCUT2D eigenvalue weighted by Crippen LogP contribution is -2.16. The van der Waals surface area contributed by atoms with Crippen molar-refractivity contribution in [2.45, 2.75) is 38.0 Å². The van der Waals surface area contributed by atoms with E-state index in [2.05, 4.69) is 231 Å². The fourth-order valence-corrected chi connectivity index (χ4v) is 11.4. The van der Waals surface area contributed by atoms with E-state index in [1.54, 1.807) is 0 Å². The van der Waals surface area contributed by atoms with E-state index in [1.165, 1.54) is 88.3 Å². The number of rotatable bonds is 8. The normalized spacial score (nSPS) is 13.5. The van der Waals surface area contributed by atoms with Crippen LogP contribution >= 0.6 is 0 Å². The predicted octanol–water partition coefficient (Wildman–Crippen LogP) is 17.2. The third-order valence-electron chi connectivity index (χ3n) is 14.8. The van der Waals surface area contributed by atoms with Crippen molar-refractivity contribution in [2.75, 3.05) is 0 Å². The zero-order valence-corrected chi connectivity index (χ0v) is 37.1. The van der Waals surface area contributed by atoms with E-state index in [9.17, 15) is 0 Å². The zero-order chi connectivity index (χ0) is 43.9. The van der Waals surface area contributed by atoms with Gasteiger partial charge in [0.2, 0.25) is 0 Å². The van der Waals surface area contributed by atoms with E-state index in [1.807, 2.05) is 6.07 Å². The Hall–Kier alpha value is -7.94. The van der Waals surface area contributed by atoms with E-state index < -0.39 is 0 Å². The van der Waals surface area contributed by atoms with Gasteiger partial charge in [-0.3, -0.25) is 0 Å². The second-order valence-electron chi connectivity index (χ2n) is 18.7. The second kappa shape index (κ2) is 15.1. The van der Waals surface area contributed by atoms with Gasteiger partial charge in [-0.05, 0) is 104 Å². The third-order valence-corrected chi connectivity index (χ3v) is 14.8. The molecule has 0 saturated carbocycles. The molecule has 0 saturated heterocycles. The number of hydrogen-bond donors (Lipinski definition) is 0. The van der Waals surface area contributed by atoms with Crippen molar-refractivity contribution >= 4 is 54.5 Å². The van der Waals surface area contributed by atoms with Crippen LogP contribution in [-0.4, -0.2) is 4.57 Å². The van der Waals surface area contributed by atoms with Crippen LogP contribution < -0.4 is 0 Å². The largest absolute Gasteiger partial charge is 0.455 e. The Labute approximate surface area is 385 Å². The summed E-state index contributed by atoms with van der Waals surface area (Å²) in [6, 6.07) is 80.7. The van der Waals surface area contributed by atoms with Crippen LogP contribution in [0.1, 0.15) is 54.0 Å². The number of hydrogen-bond acceptors (Lipinski definition) is 1. The van der Waals surface area contributed by atoms with Gasteiger partial charge in [-0.15, -0.1) is 0 Å². The molecule has 314 valence electrons. The topological polar surface area (TPSA) is 18.1 Å². The number of benzene rings is 10. The molecule has 0 aliphatic heterocycles. The summed E-state index contributed by atoms with van der Waals surface area (Å²) in [7, 11) is 0. The van der Waals surface area contributed by atoms with Gasteiger partial charge >= 0.3 is 0 Å². The van der Waals surface area contributed by atoms with Crippen LogP contribution in [0.15, 0.2) is 223 Å². The van der Waals surface area contributed by atoms with E-state index >= 15 is 0 Å². The highest BCUT2D eigenvalue weighted by molar-refractivity contribution is 6.11. The van der Waals surface area contributed by atoms with Gasteiger partial charge in [-0.2, -0.15) is 0 Å². The Morgan fingerprint density at radius 3 is 1.77 bits per heavy atom. The van der Waals surface area contributed by atoms with Gasteiger partial charge < -0.3 is 8.98 Å². The van der Waals surface area contributed by atoms with Gasteiger partial charge in [0.25, 0.3) is 0 Å². The van der Waals surface area contributed by atoms with Gasteiger partial charge in [0, 0.05) is 43.8 Å². The molecule has 2 aromatic heterocycles. The minimum absolute atomic E-state index is 0.149. The molecule has 0 radical (unpaired) electrons. The summed E-state index contributed by atoms with van der Waals surface area (Å²) in [4.78, 5) is 0. The molecular formula is C64H47NO. The standard InChI is InChI=1S/C64H47NO/c1-64(2)57-39-45(41-15-4-3-5-16-41)32-36-50(57)51-37-33-46(40-58(51)64)47(42-27-29-44(30-28-42)49-22-14-23-56-55-21-10-13-26-62(55)66-63(49)56)35-31-43-34-38-61(52-18-7-6-17-48(43)52)65-59-24-11-8-19-53(59)54-20-9-12-25-60(54)65/h3-30,32-34,36-40,47H,31,35H2,1-2H3. The molecule has 0 bridgehead atoms. The van der Waals surface area contributed by atoms with Gasteiger partial charge in [0.1, 0.15) is 11.2 Å². The van der Waals surface area contributed by atoms with Gasteiger partial charge in [-0.1, -0.05) is 202 Å². The van der Waals surface area contributed by atoms with Crippen molar-refractivity contribution in [3.8, 4) is 39.1 Å². The summed E-state index contributed by atoms with van der Waals surface area (Å²) in [5.41, 5.74) is 19.7. The summed E-state index contributed by atoms with van der Waals surface area (Å²) in [6.45, 7) is 4.81. The van der Waals surface area contributed by atoms with Gasteiger partial charge in [-0.25, -0.2) is 0 Å². The lowest BCUT2D eigenvalue weighted by Gasteiger charge is -2.25. The summed E-state index contributed by atoms with van der Waals surface area (Å²) in [5.74, 6) is 0.168. The summed E-state index contributed by atoms with van der Waals surface area (Å²) >= 11 is 0. The molecule has 0 fully saturated rings. The maximum atomic E-state index is 6.50. The maximum Gasteiger partial charge on any atom is 0.143 e. The maximum absolute atomic E-state index is 6.50. The van der Waals surface area contributed by atoms with E-state index in [-0.39, 0.29) is 11.3 Å². The highest BCUT2D eigenvalue weighted by Crippen LogP contribution is 2.51. The van der Waals surface area contributed by atoms with Crippen LogP contribution in [0.3, 0.4) is 0 Å². The molecule has 1 aliphatic rings. The zero-order valence-electron chi connectivity index (χ0n) is 37.1. The quantitative estimate of drug-likeness (QED) is 0.149. The van der Waals surface area contributed by atoms with Crippen LogP contribution in [0.2, 0.25) is 0 Å². The molecule has 0 amide bonds. The Morgan fingerprint density at radius 1 is 0.424 bits per heavy atom. The molecule has 1 atom stereocenters. The SMILES string of the molecule is CC1(C)c2cc(-c3ccccc3)ccc2-c2ccc(C(CCc3ccc(-n4c5ccccc5c5ccccc54)c4ccccc34)c3ccc(-c4cccc5c4oc4ccccc45)cc3)cc21. The number of aryl methyl sites for hydroxylation is 1. The van der Waals surface area contributed by atoms with Crippen molar-refractivity contribution in [2.24, 2.45) is 0 Å². The Kier molecular flexibility index (Phi) is 8.80. The minimum Gasteiger partial charge on any atom is -0.455 e.